The van der Waals surface area contributed by atoms with Crippen LogP contribution in [0.3, 0.4) is 0 Å². The second-order valence-corrected chi connectivity index (χ2v) is 11.8. The molecular formula is C31H57O8P. The lowest BCUT2D eigenvalue weighted by atomic mass is 10.1. The summed E-state index contributed by atoms with van der Waals surface area (Å²) in [6.07, 6.45) is 28.4. The van der Waals surface area contributed by atoms with Crippen LogP contribution in [0.4, 0.5) is 0 Å². The number of allylic oxidation sites excluding steroid dienone is 3. The maximum Gasteiger partial charge on any atom is 0.469 e. The quantitative estimate of drug-likeness (QED) is 0.0307. The Morgan fingerprint density at radius 2 is 1.20 bits per heavy atom. The number of rotatable bonds is 28. The van der Waals surface area contributed by atoms with Crippen LogP contribution in [-0.2, 0) is 28.2 Å². The number of esters is 2. The lowest BCUT2D eigenvalue weighted by molar-refractivity contribution is -0.159. The summed E-state index contributed by atoms with van der Waals surface area (Å²) < 4.78 is 25.9. The van der Waals surface area contributed by atoms with Crippen molar-refractivity contribution >= 4 is 19.8 Å². The number of hydrogen-bond acceptors (Lipinski definition) is 6. The summed E-state index contributed by atoms with van der Waals surface area (Å²) in [5.74, 6) is -1.14. The molecule has 1 atom stereocenters. The molecule has 9 heteroatoms. The largest absolute Gasteiger partial charge is 0.469 e. The summed E-state index contributed by atoms with van der Waals surface area (Å²) in [6.45, 7) is 3.49. The summed E-state index contributed by atoms with van der Waals surface area (Å²) in [7, 11) is -4.75. The van der Waals surface area contributed by atoms with Crippen molar-refractivity contribution in [3.8, 4) is 0 Å². The minimum absolute atomic E-state index is 0.192. The number of ether oxygens (including phenoxy) is 2. The van der Waals surface area contributed by atoms with Gasteiger partial charge in [0.2, 0.25) is 0 Å². The minimum Gasteiger partial charge on any atom is -0.458 e. The topological polar surface area (TPSA) is 119 Å². The van der Waals surface area contributed by atoms with E-state index in [1.165, 1.54) is 89.5 Å². The fourth-order valence-electron chi connectivity index (χ4n) is 4.23. The molecule has 2 N–H and O–H groups in total. The van der Waals surface area contributed by atoms with Crippen molar-refractivity contribution in [3.05, 3.63) is 24.3 Å². The van der Waals surface area contributed by atoms with E-state index in [1.54, 1.807) is 12.2 Å². The molecule has 0 aliphatic rings. The molecule has 0 aliphatic heterocycles. The van der Waals surface area contributed by atoms with Gasteiger partial charge < -0.3 is 19.3 Å². The molecule has 8 nitrogen and oxygen atoms in total. The smallest absolute Gasteiger partial charge is 0.458 e. The van der Waals surface area contributed by atoms with Crippen molar-refractivity contribution in [1.82, 2.24) is 0 Å². The average molecular weight is 589 g/mol. The van der Waals surface area contributed by atoms with Crippen LogP contribution in [0.5, 0.6) is 0 Å². The molecule has 0 spiro atoms. The van der Waals surface area contributed by atoms with E-state index in [0.717, 1.165) is 32.1 Å². The Bertz CT molecular complexity index is 716. The SMILES string of the molecule is CCCCCCCCCCCCC/C=C/C=C/C(=O)OC[C@H](COP(=O)(O)O)OC(=O)CCCCCCCCC. The van der Waals surface area contributed by atoms with Gasteiger partial charge in [-0.1, -0.05) is 135 Å². The predicted molar refractivity (Wildman–Crippen MR) is 161 cm³/mol. The summed E-state index contributed by atoms with van der Waals surface area (Å²) in [5, 5.41) is 0. The molecule has 0 aliphatic carbocycles. The van der Waals surface area contributed by atoms with Crippen LogP contribution >= 0.6 is 7.82 Å². The van der Waals surface area contributed by atoms with Gasteiger partial charge in [-0.25, -0.2) is 9.36 Å². The maximum absolute atomic E-state index is 12.2. The molecule has 40 heavy (non-hydrogen) atoms. The second-order valence-electron chi connectivity index (χ2n) is 10.5. The van der Waals surface area contributed by atoms with Gasteiger partial charge in [0.25, 0.3) is 0 Å². The Morgan fingerprint density at radius 3 is 1.73 bits per heavy atom. The second kappa shape index (κ2) is 27.7. The zero-order chi connectivity index (χ0) is 29.7. The Balaban J connectivity index is 4.11. The Morgan fingerprint density at radius 1 is 0.700 bits per heavy atom. The van der Waals surface area contributed by atoms with Crippen molar-refractivity contribution in [3.63, 3.8) is 0 Å². The van der Waals surface area contributed by atoms with Gasteiger partial charge in [-0.15, -0.1) is 0 Å². The van der Waals surface area contributed by atoms with Gasteiger partial charge in [0.05, 0.1) is 6.61 Å². The van der Waals surface area contributed by atoms with Gasteiger partial charge in [-0.2, -0.15) is 0 Å². The third-order valence-corrected chi connectivity index (χ3v) is 7.06. The Hall–Kier alpha value is -1.47. The van der Waals surface area contributed by atoms with Crippen molar-refractivity contribution < 1.29 is 37.9 Å². The van der Waals surface area contributed by atoms with Crippen LogP contribution in [0, 0.1) is 0 Å². The molecule has 0 heterocycles. The molecule has 0 bridgehead atoms. The number of phosphoric ester groups is 1. The summed E-state index contributed by atoms with van der Waals surface area (Å²) >= 11 is 0. The average Bonchev–Trinajstić information content (AvgIpc) is 2.91. The number of carbonyl (C=O) groups is 2. The first-order valence-corrected chi connectivity index (χ1v) is 17.2. The molecule has 0 saturated heterocycles. The first-order valence-electron chi connectivity index (χ1n) is 15.7. The van der Waals surface area contributed by atoms with E-state index in [0.29, 0.717) is 6.42 Å². The van der Waals surface area contributed by atoms with E-state index in [1.807, 2.05) is 6.08 Å². The fraction of sp³-hybridized carbons (Fsp3) is 0.806. The molecule has 0 rings (SSSR count). The van der Waals surface area contributed by atoms with Crippen LogP contribution in [0.2, 0.25) is 0 Å². The van der Waals surface area contributed by atoms with Gasteiger partial charge in [-0.05, 0) is 19.3 Å². The van der Waals surface area contributed by atoms with Gasteiger partial charge in [0.1, 0.15) is 6.61 Å². The normalized spacial score (nSPS) is 12.8. The predicted octanol–water partition coefficient (Wildman–Crippen LogP) is 8.50. The number of unbranched alkanes of at least 4 members (excludes halogenated alkanes) is 17. The van der Waals surface area contributed by atoms with Crippen LogP contribution in [0.1, 0.15) is 142 Å². The highest BCUT2D eigenvalue weighted by Gasteiger charge is 2.22. The molecule has 0 amide bonds. The van der Waals surface area contributed by atoms with E-state index in [-0.39, 0.29) is 13.0 Å². The van der Waals surface area contributed by atoms with Crippen molar-refractivity contribution in [1.29, 1.82) is 0 Å². The van der Waals surface area contributed by atoms with Crippen LogP contribution in [0.15, 0.2) is 24.3 Å². The summed E-state index contributed by atoms with van der Waals surface area (Å²) in [6, 6.07) is 0. The molecule has 0 fully saturated rings. The summed E-state index contributed by atoms with van der Waals surface area (Å²) in [5.41, 5.74) is 0. The van der Waals surface area contributed by atoms with E-state index >= 15 is 0 Å². The molecular weight excluding hydrogens is 531 g/mol. The molecule has 234 valence electrons. The van der Waals surface area contributed by atoms with Gasteiger partial charge in [0, 0.05) is 12.5 Å². The fourth-order valence-corrected chi connectivity index (χ4v) is 4.59. The highest BCUT2D eigenvalue weighted by atomic mass is 31.2. The molecule has 0 aromatic heterocycles. The van der Waals surface area contributed by atoms with Crippen molar-refractivity contribution in [2.24, 2.45) is 0 Å². The highest BCUT2D eigenvalue weighted by Crippen LogP contribution is 2.35. The van der Waals surface area contributed by atoms with Gasteiger partial charge in [-0.3, -0.25) is 9.32 Å². The van der Waals surface area contributed by atoms with E-state index in [9.17, 15) is 14.2 Å². The third-order valence-electron chi connectivity index (χ3n) is 6.58. The third kappa shape index (κ3) is 29.5. The van der Waals surface area contributed by atoms with Crippen molar-refractivity contribution in [2.45, 2.75) is 148 Å². The number of phosphoric acid groups is 1. The molecule has 0 saturated carbocycles. The number of carbonyl (C=O) groups excluding carboxylic acids is 2. The molecule has 0 unspecified atom stereocenters. The zero-order valence-corrected chi connectivity index (χ0v) is 26.1. The van der Waals surface area contributed by atoms with Crippen LogP contribution < -0.4 is 0 Å². The molecule has 0 radical (unpaired) electrons. The summed E-state index contributed by atoms with van der Waals surface area (Å²) in [4.78, 5) is 42.1. The van der Waals surface area contributed by atoms with E-state index < -0.39 is 32.5 Å². The Kier molecular flexibility index (Phi) is 26.7. The monoisotopic (exact) mass is 588 g/mol. The first-order chi connectivity index (χ1) is 19.3. The zero-order valence-electron chi connectivity index (χ0n) is 25.2. The Labute approximate surface area is 243 Å². The maximum atomic E-state index is 12.2. The van der Waals surface area contributed by atoms with Gasteiger partial charge in [0.15, 0.2) is 6.10 Å². The van der Waals surface area contributed by atoms with Gasteiger partial charge >= 0.3 is 19.8 Å². The van der Waals surface area contributed by atoms with Crippen molar-refractivity contribution in [2.75, 3.05) is 13.2 Å². The van der Waals surface area contributed by atoms with Crippen LogP contribution in [-0.4, -0.2) is 41.0 Å². The lowest BCUT2D eigenvalue weighted by Crippen LogP contribution is -2.29. The lowest BCUT2D eigenvalue weighted by Gasteiger charge is -2.18. The standard InChI is InChI=1S/C31H57O8P/c1-3-5-7-9-11-12-13-14-15-16-17-18-20-21-23-25-30(32)37-27-29(28-38-40(34,35)36)39-31(33)26-24-22-19-10-8-6-4-2/h20-21,23,25,29H,3-19,22,24,26-28H2,1-2H3,(H2,34,35,36)/b21-20+,25-23+/t29-/m1/s1. The van der Waals surface area contributed by atoms with Crippen LogP contribution in [0.25, 0.3) is 0 Å². The van der Waals surface area contributed by atoms with E-state index in [2.05, 4.69) is 18.4 Å². The highest BCUT2D eigenvalue weighted by molar-refractivity contribution is 7.46. The van der Waals surface area contributed by atoms with E-state index in [4.69, 9.17) is 19.3 Å². The number of hydrogen-bond donors (Lipinski definition) is 2. The molecule has 0 aromatic carbocycles. The minimum atomic E-state index is -4.75. The molecule has 0 aromatic rings. The first kappa shape index (κ1) is 38.5.